The molecule has 88 valence electrons. The number of carbonyl (C=O) groups is 1. The minimum atomic E-state index is -0.376. The van der Waals surface area contributed by atoms with Crippen LogP contribution in [-0.4, -0.2) is 26.4 Å². The second-order valence-corrected chi connectivity index (χ2v) is 3.62. The summed E-state index contributed by atoms with van der Waals surface area (Å²) in [5.74, 6) is 0.503. The number of rotatable bonds is 2. The number of carbonyl (C=O) groups excluding carboxylic acids is 1. The molecule has 0 radical (unpaired) electrons. The molecule has 2 rings (SSSR count). The molecule has 1 amide bonds. The molecule has 5 nitrogen and oxygen atoms in total. The Morgan fingerprint density at radius 1 is 1.53 bits per heavy atom. The third-order valence-electron chi connectivity index (χ3n) is 2.57. The maximum absolute atomic E-state index is 11.6. The molecule has 0 N–H and O–H groups in total. The molecule has 1 heterocycles. The van der Waals surface area contributed by atoms with Crippen LogP contribution in [0, 0.1) is 11.3 Å². The van der Waals surface area contributed by atoms with Crippen molar-refractivity contribution in [3.05, 3.63) is 23.8 Å². The summed E-state index contributed by atoms with van der Waals surface area (Å²) < 4.78 is 10.2. The Labute approximate surface area is 99.2 Å². The molecular weight excluding hydrogens is 220 g/mol. The second-order valence-electron chi connectivity index (χ2n) is 3.62. The number of methoxy groups -OCH3 is 1. The van der Waals surface area contributed by atoms with Gasteiger partial charge in [-0.05, 0) is 18.6 Å². The normalized spacial score (nSPS) is 15.1. The van der Waals surface area contributed by atoms with Crippen molar-refractivity contribution in [3.8, 4) is 11.8 Å². The summed E-state index contributed by atoms with van der Waals surface area (Å²) in [5.41, 5.74) is 1.13. The summed E-state index contributed by atoms with van der Waals surface area (Å²) in [6.07, 6.45) is 0.411. The van der Waals surface area contributed by atoms with Crippen LogP contribution in [0.3, 0.4) is 0 Å². The van der Waals surface area contributed by atoms with Crippen LogP contribution in [0.5, 0.6) is 5.75 Å². The predicted octanol–water partition coefficient (Wildman–Crippen LogP) is 1.91. The molecule has 1 aromatic carbocycles. The standard InChI is InChI=1S/C12H12N2O3/c1-16-11-7-9(8-13)3-4-10(11)14-5-2-6-17-12(14)15/h3-4,7H,2,5-6H2,1H3. The summed E-state index contributed by atoms with van der Waals surface area (Å²) in [7, 11) is 1.51. The molecule has 0 unspecified atom stereocenters. The summed E-state index contributed by atoms with van der Waals surface area (Å²) in [6, 6.07) is 6.99. The first-order valence-corrected chi connectivity index (χ1v) is 5.28. The largest absolute Gasteiger partial charge is 0.495 e. The Bertz CT molecular complexity index is 479. The van der Waals surface area contributed by atoms with Gasteiger partial charge in [-0.3, -0.25) is 4.90 Å². The Morgan fingerprint density at radius 3 is 3.00 bits per heavy atom. The highest BCUT2D eigenvalue weighted by Gasteiger charge is 2.24. The quantitative estimate of drug-likeness (QED) is 0.781. The van der Waals surface area contributed by atoms with E-state index < -0.39 is 0 Å². The SMILES string of the molecule is COc1cc(C#N)ccc1N1CCCOC1=O. The van der Waals surface area contributed by atoms with Gasteiger partial charge >= 0.3 is 6.09 Å². The average molecular weight is 232 g/mol. The monoisotopic (exact) mass is 232 g/mol. The lowest BCUT2D eigenvalue weighted by Gasteiger charge is -2.27. The minimum Gasteiger partial charge on any atom is -0.495 e. The van der Waals surface area contributed by atoms with Crippen LogP contribution in [0.15, 0.2) is 18.2 Å². The smallest absolute Gasteiger partial charge is 0.414 e. The topological polar surface area (TPSA) is 62.6 Å². The third kappa shape index (κ3) is 2.16. The summed E-state index contributed by atoms with van der Waals surface area (Å²) in [6.45, 7) is 1.05. The summed E-state index contributed by atoms with van der Waals surface area (Å²) in [4.78, 5) is 13.1. The molecule has 1 fully saturated rings. The predicted molar refractivity (Wildman–Crippen MR) is 61.0 cm³/mol. The van der Waals surface area contributed by atoms with E-state index in [9.17, 15) is 4.79 Å². The van der Waals surface area contributed by atoms with Gasteiger partial charge in [-0.25, -0.2) is 4.79 Å². The average Bonchev–Trinajstić information content (AvgIpc) is 2.38. The van der Waals surface area contributed by atoms with E-state index in [2.05, 4.69) is 0 Å². The lowest BCUT2D eigenvalue weighted by Crippen LogP contribution is -2.37. The molecule has 0 bridgehead atoms. The number of amides is 1. The van der Waals surface area contributed by atoms with Crippen molar-refractivity contribution in [2.75, 3.05) is 25.2 Å². The maximum Gasteiger partial charge on any atom is 0.414 e. The number of hydrogen-bond acceptors (Lipinski definition) is 4. The molecular formula is C12H12N2O3. The van der Waals surface area contributed by atoms with E-state index in [4.69, 9.17) is 14.7 Å². The van der Waals surface area contributed by atoms with Crippen LogP contribution in [0.1, 0.15) is 12.0 Å². The van der Waals surface area contributed by atoms with Gasteiger partial charge in [-0.2, -0.15) is 5.26 Å². The fourth-order valence-corrected chi connectivity index (χ4v) is 1.74. The van der Waals surface area contributed by atoms with Gasteiger partial charge in [-0.1, -0.05) is 0 Å². The zero-order valence-corrected chi connectivity index (χ0v) is 9.47. The Balaban J connectivity index is 2.37. The number of nitriles is 1. The van der Waals surface area contributed by atoms with Crippen LogP contribution in [0.2, 0.25) is 0 Å². The van der Waals surface area contributed by atoms with Crippen molar-refractivity contribution in [1.82, 2.24) is 0 Å². The first-order valence-electron chi connectivity index (χ1n) is 5.28. The Hall–Kier alpha value is -2.22. The van der Waals surface area contributed by atoms with E-state index in [0.717, 1.165) is 6.42 Å². The number of cyclic esters (lactones) is 1. The highest BCUT2D eigenvalue weighted by Crippen LogP contribution is 2.30. The molecule has 0 aliphatic carbocycles. The van der Waals surface area contributed by atoms with E-state index in [0.29, 0.717) is 30.2 Å². The van der Waals surface area contributed by atoms with Crippen molar-refractivity contribution in [2.45, 2.75) is 6.42 Å². The highest BCUT2D eigenvalue weighted by atomic mass is 16.6. The van der Waals surface area contributed by atoms with Gasteiger partial charge in [0.25, 0.3) is 0 Å². The Kier molecular flexibility index (Phi) is 3.15. The van der Waals surface area contributed by atoms with Crippen molar-refractivity contribution in [3.63, 3.8) is 0 Å². The number of nitrogens with zero attached hydrogens (tertiary/aromatic N) is 2. The van der Waals surface area contributed by atoms with Gasteiger partial charge < -0.3 is 9.47 Å². The summed E-state index contributed by atoms with van der Waals surface area (Å²) in [5, 5.41) is 8.80. The van der Waals surface area contributed by atoms with Gasteiger partial charge in [0, 0.05) is 12.6 Å². The number of anilines is 1. The third-order valence-corrected chi connectivity index (χ3v) is 2.57. The molecule has 1 aliphatic heterocycles. The summed E-state index contributed by atoms with van der Waals surface area (Å²) >= 11 is 0. The highest BCUT2D eigenvalue weighted by molar-refractivity contribution is 5.90. The molecule has 0 spiro atoms. The van der Waals surface area contributed by atoms with E-state index in [1.165, 1.54) is 12.0 Å². The van der Waals surface area contributed by atoms with E-state index in [-0.39, 0.29) is 6.09 Å². The van der Waals surface area contributed by atoms with Gasteiger partial charge in [0.15, 0.2) is 0 Å². The molecule has 0 saturated carbocycles. The zero-order valence-electron chi connectivity index (χ0n) is 9.47. The fourth-order valence-electron chi connectivity index (χ4n) is 1.74. The van der Waals surface area contributed by atoms with Crippen LogP contribution in [0.4, 0.5) is 10.5 Å². The lowest BCUT2D eigenvalue weighted by atomic mass is 10.2. The maximum atomic E-state index is 11.6. The van der Waals surface area contributed by atoms with Crippen LogP contribution < -0.4 is 9.64 Å². The lowest BCUT2D eigenvalue weighted by molar-refractivity contribution is 0.140. The molecule has 0 aromatic heterocycles. The van der Waals surface area contributed by atoms with Crippen LogP contribution in [0.25, 0.3) is 0 Å². The van der Waals surface area contributed by atoms with Crippen molar-refractivity contribution >= 4 is 11.8 Å². The van der Waals surface area contributed by atoms with Gasteiger partial charge in [0.05, 0.1) is 31.0 Å². The number of hydrogen-bond donors (Lipinski definition) is 0. The Morgan fingerprint density at radius 2 is 2.35 bits per heavy atom. The van der Waals surface area contributed by atoms with Crippen molar-refractivity contribution < 1.29 is 14.3 Å². The van der Waals surface area contributed by atoms with E-state index in [1.54, 1.807) is 18.2 Å². The molecule has 0 atom stereocenters. The zero-order chi connectivity index (χ0) is 12.3. The molecule has 5 heteroatoms. The second kappa shape index (κ2) is 4.74. The van der Waals surface area contributed by atoms with Crippen LogP contribution >= 0.6 is 0 Å². The number of benzene rings is 1. The van der Waals surface area contributed by atoms with Gasteiger partial charge in [0.1, 0.15) is 5.75 Å². The van der Waals surface area contributed by atoms with Crippen LogP contribution in [-0.2, 0) is 4.74 Å². The van der Waals surface area contributed by atoms with Crippen molar-refractivity contribution in [2.24, 2.45) is 0 Å². The van der Waals surface area contributed by atoms with Gasteiger partial charge in [-0.15, -0.1) is 0 Å². The molecule has 1 aromatic rings. The number of ether oxygens (including phenoxy) is 2. The van der Waals surface area contributed by atoms with Crippen molar-refractivity contribution in [1.29, 1.82) is 5.26 Å². The molecule has 17 heavy (non-hydrogen) atoms. The molecule has 1 saturated heterocycles. The van der Waals surface area contributed by atoms with E-state index >= 15 is 0 Å². The van der Waals surface area contributed by atoms with E-state index in [1.807, 2.05) is 6.07 Å². The fraction of sp³-hybridized carbons (Fsp3) is 0.333. The minimum absolute atomic E-state index is 0.376. The first-order chi connectivity index (χ1) is 8.26. The first kappa shape index (κ1) is 11.3. The molecule has 1 aliphatic rings. The van der Waals surface area contributed by atoms with Gasteiger partial charge in [0.2, 0.25) is 0 Å².